The first-order valence-electron chi connectivity index (χ1n) is 5.04. The Bertz CT molecular complexity index is 158. The van der Waals surface area contributed by atoms with Gasteiger partial charge in [-0.15, -0.1) is 0 Å². The fourth-order valence-electron chi connectivity index (χ4n) is 1.34. The van der Waals surface area contributed by atoms with E-state index < -0.39 is 0 Å². The van der Waals surface area contributed by atoms with Crippen LogP contribution in [0.4, 0.5) is 0 Å². The average Bonchev–Trinajstić information content (AvgIpc) is 1.80. The summed E-state index contributed by atoms with van der Waals surface area (Å²) in [6, 6.07) is 0. The highest BCUT2D eigenvalue weighted by molar-refractivity contribution is 5.05. The Morgan fingerprint density at radius 3 is 1.46 bits per heavy atom. The summed E-state index contributed by atoms with van der Waals surface area (Å²) in [5, 5.41) is 3.25. The van der Waals surface area contributed by atoms with Gasteiger partial charge >= 0.3 is 0 Å². The van der Waals surface area contributed by atoms with Gasteiger partial charge in [-0.25, -0.2) is 0 Å². The van der Waals surface area contributed by atoms with Crippen LogP contribution in [0.2, 0.25) is 0 Å². The van der Waals surface area contributed by atoms with Crippen LogP contribution < -0.4 is 5.32 Å². The quantitative estimate of drug-likeness (QED) is 0.659. The molecular formula is C12H23N. The summed E-state index contributed by atoms with van der Waals surface area (Å²) < 4.78 is 0. The number of rotatable bonds is 6. The Morgan fingerprint density at radius 2 is 1.23 bits per heavy atom. The first-order valence-corrected chi connectivity index (χ1v) is 5.04. The molecule has 0 unspecified atom stereocenters. The van der Waals surface area contributed by atoms with E-state index in [0.29, 0.717) is 11.8 Å². The van der Waals surface area contributed by atoms with Gasteiger partial charge in [-0.05, 0) is 24.7 Å². The fraction of sp³-hybridized carbons (Fsp3) is 0.667. The molecule has 0 rings (SSSR count). The van der Waals surface area contributed by atoms with Crippen LogP contribution in [0.1, 0.15) is 40.5 Å². The average molecular weight is 181 g/mol. The minimum Gasteiger partial charge on any atom is -0.363 e. The lowest BCUT2D eigenvalue weighted by Gasteiger charge is -2.15. The molecule has 1 N–H and O–H groups in total. The van der Waals surface area contributed by atoms with Gasteiger partial charge in [0.25, 0.3) is 0 Å². The van der Waals surface area contributed by atoms with Gasteiger partial charge in [-0.3, -0.25) is 0 Å². The van der Waals surface area contributed by atoms with Gasteiger partial charge in [-0.2, -0.15) is 0 Å². The van der Waals surface area contributed by atoms with Crippen molar-refractivity contribution in [2.24, 2.45) is 11.8 Å². The zero-order valence-corrected chi connectivity index (χ0v) is 9.48. The van der Waals surface area contributed by atoms with Crippen LogP contribution in [0.15, 0.2) is 24.6 Å². The summed E-state index contributed by atoms with van der Waals surface area (Å²) in [6.45, 7) is 16.7. The van der Waals surface area contributed by atoms with Crippen LogP contribution in [0.3, 0.4) is 0 Å². The minimum atomic E-state index is 0.659. The second kappa shape index (κ2) is 5.85. The molecular weight excluding hydrogens is 158 g/mol. The first kappa shape index (κ1) is 12.3. The summed E-state index contributed by atoms with van der Waals surface area (Å²) in [6.07, 6.45) is 2.05. The third-order valence-corrected chi connectivity index (χ3v) is 1.66. The second-order valence-corrected chi connectivity index (χ2v) is 4.53. The monoisotopic (exact) mass is 181 g/mol. The van der Waals surface area contributed by atoms with E-state index in [2.05, 4.69) is 46.2 Å². The summed E-state index contributed by atoms with van der Waals surface area (Å²) in [5.41, 5.74) is 2.17. The molecule has 0 aromatic carbocycles. The second-order valence-electron chi connectivity index (χ2n) is 4.53. The summed E-state index contributed by atoms with van der Waals surface area (Å²) in [4.78, 5) is 0. The van der Waals surface area contributed by atoms with E-state index in [9.17, 15) is 0 Å². The molecule has 0 fully saturated rings. The molecule has 0 aromatic heterocycles. The highest BCUT2D eigenvalue weighted by Gasteiger charge is 2.01. The van der Waals surface area contributed by atoms with E-state index in [0.717, 1.165) is 24.2 Å². The predicted molar refractivity (Wildman–Crippen MR) is 60.3 cm³/mol. The number of hydrogen-bond acceptors (Lipinski definition) is 1. The van der Waals surface area contributed by atoms with Crippen molar-refractivity contribution in [2.45, 2.75) is 40.5 Å². The molecule has 0 saturated heterocycles. The van der Waals surface area contributed by atoms with Crippen molar-refractivity contribution >= 4 is 0 Å². The van der Waals surface area contributed by atoms with Gasteiger partial charge in [0.05, 0.1) is 0 Å². The molecule has 0 heterocycles. The van der Waals surface area contributed by atoms with Gasteiger partial charge in [0.1, 0.15) is 0 Å². The van der Waals surface area contributed by atoms with Crippen molar-refractivity contribution in [1.82, 2.24) is 5.32 Å². The van der Waals surface area contributed by atoms with Gasteiger partial charge in [0.15, 0.2) is 0 Å². The molecule has 13 heavy (non-hydrogen) atoms. The van der Waals surface area contributed by atoms with E-state index in [-0.39, 0.29) is 0 Å². The van der Waals surface area contributed by atoms with Gasteiger partial charge in [0.2, 0.25) is 0 Å². The maximum absolute atomic E-state index is 3.97. The SMILES string of the molecule is C=C(CC(C)C)NC(=C)CC(C)C. The molecule has 1 heteroatoms. The van der Waals surface area contributed by atoms with Gasteiger partial charge in [0, 0.05) is 11.4 Å². The maximum atomic E-state index is 3.97. The fourth-order valence-corrected chi connectivity index (χ4v) is 1.34. The lowest BCUT2D eigenvalue weighted by Crippen LogP contribution is -2.14. The summed E-state index contributed by atoms with van der Waals surface area (Å²) in [5.74, 6) is 1.32. The molecule has 0 aliphatic rings. The molecule has 0 aliphatic heterocycles. The molecule has 0 amide bonds. The van der Waals surface area contributed by atoms with Crippen LogP contribution in [0.5, 0.6) is 0 Å². The van der Waals surface area contributed by atoms with E-state index in [1.807, 2.05) is 0 Å². The topological polar surface area (TPSA) is 12.0 Å². The minimum absolute atomic E-state index is 0.659. The van der Waals surface area contributed by atoms with Crippen molar-refractivity contribution < 1.29 is 0 Å². The molecule has 0 bridgehead atoms. The normalized spacial score (nSPS) is 10.6. The zero-order chi connectivity index (χ0) is 10.4. The van der Waals surface area contributed by atoms with Crippen LogP contribution in [-0.2, 0) is 0 Å². The van der Waals surface area contributed by atoms with Crippen LogP contribution in [0.25, 0.3) is 0 Å². The van der Waals surface area contributed by atoms with Crippen molar-refractivity contribution in [3.8, 4) is 0 Å². The van der Waals surface area contributed by atoms with Crippen molar-refractivity contribution in [2.75, 3.05) is 0 Å². The highest BCUT2D eigenvalue weighted by atomic mass is 14.9. The summed E-state index contributed by atoms with van der Waals surface area (Å²) in [7, 11) is 0. The van der Waals surface area contributed by atoms with E-state index >= 15 is 0 Å². The smallest absolute Gasteiger partial charge is 0.00780 e. The van der Waals surface area contributed by atoms with Gasteiger partial charge in [-0.1, -0.05) is 40.9 Å². The van der Waals surface area contributed by atoms with E-state index in [4.69, 9.17) is 0 Å². The van der Waals surface area contributed by atoms with Crippen LogP contribution >= 0.6 is 0 Å². The zero-order valence-electron chi connectivity index (χ0n) is 9.48. The van der Waals surface area contributed by atoms with Crippen molar-refractivity contribution in [3.63, 3.8) is 0 Å². The van der Waals surface area contributed by atoms with Crippen LogP contribution in [0, 0.1) is 11.8 Å². The standard InChI is InChI=1S/C12H23N/c1-9(2)7-11(5)13-12(6)8-10(3)4/h9-10,13H,5-8H2,1-4H3. The Hall–Kier alpha value is -0.720. The number of hydrogen-bond donors (Lipinski definition) is 1. The Kier molecular flexibility index (Phi) is 5.52. The molecule has 0 radical (unpaired) electrons. The predicted octanol–water partition coefficient (Wildman–Crippen LogP) is 3.70. The third kappa shape index (κ3) is 7.63. The Balaban J connectivity index is 3.72. The van der Waals surface area contributed by atoms with Crippen molar-refractivity contribution in [3.05, 3.63) is 24.6 Å². The third-order valence-electron chi connectivity index (χ3n) is 1.66. The number of allylic oxidation sites excluding steroid dienone is 2. The molecule has 0 spiro atoms. The molecule has 1 nitrogen and oxygen atoms in total. The van der Waals surface area contributed by atoms with Crippen molar-refractivity contribution in [1.29, 1.82) is 0 Å². The van der Waals surface area contributed by atoms with Crippen LogP contribution in [-0.4, -0.2) is 0 Å². The Labute approximate surface area is 82.9 Å². The molecule has 0 aromatic rings. The molecule has 0 atom stereocenters. The largest absolute Gasteiger partial charge is 0.363 e. The number of nitrogens with one attached hydrogen (secondary N) is 1. The molecule has 0 aliphatic carbocycles. The lowest BCUT2D eigenvalue weighted by molar-refractivity contribution is 0.588. The lowest BCUT2D eigenvalue weighted by atomic mass is 10.1. The molecule has 0 saturated carbocycles. The van der Waals surface area contributed by atoms with E-state index in [1.165, 1.54) is 0 Å². The highest BCUT2D eigenvalue weighted by Crippen LogP contribution is 2.11. The van der Waals surface area contributed by atoms with Gasteiger partial charge < -0.3 is 5.32 Å². The maximum Gasteiger partial charge on any atom is 0.00780 e. The Morgan fingerprint density at radius 1 is 0.923 bits per heavy atom. The summed E-state index contributed by atoms with van der Waals surface area (Å²) >= 11 is 0. The van der Waals surface area contributed by atoms with E-state index in [1.54, 1.807) is 0 Å². The molecule has 76 valence electrons. The first-order chi connectivity index (χ1) is 5.91.